The molecule has 45 heavy (non-hydrogen) atoms. The molecular formula is C36H70O9. The zero-order valence-electron chi connectivity index (χ0n) is 30.0. The van der Waals surface area contributed by atoms with Gasteiger partial charge in [0, 0.05) is 6.61 Å². The van der Waals surface area contributed by atoms with Gasteiger partial charge in [0.1, 0.15) is 6.61 Å². The molecule has 9 heteroatoms. The Morgan fingerprint density at radius 1 is 0.422 bits per heavy atom. The minimum atomic E-state index is -0.422. The lowest BCUT2D eigenvalue weighted by Gasteiger charge is -2.16. The monoisotopic (exact) mass is 647 g/mol. The molecule has 0 aliphatic heterocycles. The standard InChI is InChI=1S/C36H70O9/c1-7-39-21-22-40-23-24-41-25-26-42-27-28-43-29-30-45-36(38)18-17-35(37)44-20-19-34(6)16-10-15-33(5)14-9-13-32(4)12-8-11-31(2)3/h31-34H,7-30H2,1-6H3. The maximum Gasteiger partial charge on any atom is 0.306 e. The molecule has 0 radical (unpaired) electrons. The molecule has 0 bridgehead atoms. The van der Waals surface area contributed by atoms with Gasteiger partial charge < -0.3 is 33.2 Å². The predicted octanol–water partition coefficient (Wildman–Crippen LogP) is 7.42. The molecule has 0 aromatic carbocycles. The molecule has 0 rings (SSSR count). The van der Waals surface area contributed by atoms with Crippen LogP contribution in [-0.4, -0.2) is 91.2 Å². The summed E-state index contributed by atoms with van der Waals surface area (Å²) < 4.78 is 37.2. The number of esters is 2. The molecule has 0 aromatic heterocycles. The fraction of sp³-hybridized carbons (Fsp3) is 0.944. The van der Waals surface area contributed by atoms with Crippen LogP contribution >= 0.6 is 0 Å². The van der Waals surface area contributed by atoms with E-state index in [1.165, 1.54) is 51.4 Å². The van der Waals surface area contributed by atoms with Crippen LogP contribution in [0.1, 0.15) is 119 Å². The highest BCUT2D eigenvalue weighted by Gasteiger charge is 2.11. The van der Waals surface area contributed by atoms with E-state index in [0.717, 1.165) is 30.6 Å². The Bertz CT molecular complexity index is 658. The van der Waals surface area contributed by atoms with Crippen molar-refractivity contribution < 1.29 is 42.7 Å². The van der Waals surface area contributed by atoms with Crippen LogP contribution in [0.3, 0.4) is 0 Å². The minimum Gasteiger partial charge on any atom is -0.466 e. The van der Waals surface area contributed by atoms with Crippen molar-refractivity contribution >= 4 is 11.9 Å². The summed E-state index contributed by atoms with van der Waals surface area (Å²) in [4.78, 5) is 23.9. The van der Waals surface area contributed by atoms with Crippen LogP contribution in [0.25, 0.3) is 0 Å². The third kappa shape index (κ3) is 33.9. The molecule has 0 aliphatic rings. The largest absolute Gasteiger partial charge is 0.466 e. The Morgan fingerprint density at radius 3 is 1.16 bits per heavy atom. The van der Waals surface area contributed by atoms with Gasteiger partial charge in [-0.2, -0.15) is 0 Å². The van der Waals surface area contributed by atoms with Crippen LogP contribution < -0.4 is 0 Å². The van der Waals surface area contributed by atoms with E-state index in [9.17, 15) is 9.59 Å². The number of ether oxygens (including phenoxy) is 7. The first-order valence-electron chi connectivity index (χ1n) is 17.9. The lowest BCUT2D eigenvalue weighted by Crippen LogP contribution is -2.16. The van der Waals surface area contributed by atoms with Gasteiger partial charge in [-0.05, 0) is 37.0 Å². The summed E-state index contributed by atoms with van der Waals surface area (Å²) in [6.07, 6.45) is 12.7. The van der Waals surface area contributed by atoms with Crippen molar-refractivity contribution in [3.05, 3.63) is 0 Å². The molecule has 9 nitrogen and oxygen atoms in total. The molecule has 3 unspecified atom stereocenters. The normalized spacial score (nSPS) is 13.6. The average molecular weight is 647 g/mol. The molecule has 0 spiro atoms. The number of carbonyl (C=O) groups is 2. The van der Waals surface area contributed by atoms with E-state index in [4.69, 9.17) is 33.2 Å². The third-order valence-electron chi connectivity index (χ3n) is 7.86. The smallest absolute Gasteiger partial charge is 0.306 e. The fourth-order valence-corrected chi connectivity index (χ4v) is 4.90. The third-order valence-corrected chi connectivity index (χ3v) is 7.86. The van der Waals surface area contributed by atoms with Crippen molar-refractivity contribution in [2.45, 2.75) is 119 Å². The molecule has 0 amide bonds. The maximum atomic E-state index is 12.0. The quantitative estimate of drug-likeness (QED) is 0.0522. The fourth-order valence-electron chi connectivity index (χ4n) is 4.90. The molecule has 0 fully saturated rings. The van der Waals surface area contributed by atoms with Crippen molar-refractivity contribution in [1.29, 1.82) is 0 Å². The topological polar surface area (TPSA) is 98.8 Å². The molecule has 0 aliphatic carbocycles. The van der Waals surface area contributed by atoms with Crippen LogP contribution in [-0.2, 0) is 42.7 Å². The summed E-state index contributed by atoms with van der Waals surface area (Å²) in [5.74, 6) is 2.21. The highest BCUT2D eigenvalue weighted by molar-refractivity contribution is 5.77. The molecule has 0 saturated heterocycles. The maximum absolute atomic E-state index is 12.0. The molecule has 0 aromatic rings. The molecule has 0 N–H and O–H groups in total. The van der Waals surface area contributed by atoms with E-state index in [2.05, 4.69) is 34.6 Å². The molecular weight excluding hydrogens is 576 g/mol. The van der Waals surface area contributed by atoms with Gasteiger partial charge in [0.25, 0.3) is 0 Å². The van der Waals surface area contributed by atoms with E-state index in [1.807, 2.05) is 6.92 Å². The Hall–Kier alpha value is -1.26. The van der Waals surface area contributed by atoms with Crippen molar-refractivity contribution in [3.8, 4) is 0 Å². The Labute approximate surface area is 276 Å². The summed E-state index contributed by atoms with van der Waals surface area (Å²) in [5, 5.41) is 0. The van der Waals surface area contributed by atoms with Crippen molar-refractivity contribution in [2.24, 2.45) is 23.7 Å². The molecule has 3 atom stereocenters. The molecule has 0 saturated carbocycles. The molecule has 0 heterocycles. The van der Waals surface area contributed by atoms with Gasteiger partial charge in [-0.15, -0.1) is 0 Å². The second kappa shape index (κ2) is 32.7. The highest BCUT2D eigenvalue weighted by atomic mass is 16.6. The summed E-state index contributed by atoms with van der Waals surface area (Å²) in [7, 11) is 0. The average Bonchev–Trinajstić information content (AvgIpc) is 2.99. The van der Waals surface area contributed by atoms with Crippen LogP contribution in [0, 0.1) is 23.7 Å². The lowest BCUT2D eigenvalue weighted by atomic mass is 9.91. The summed E-state index contributed by atoms with van der Waals surface area (Å²) >= 11 is 0. The lowest BCUT2D eigenvalue weighted by molar-refractivity contribution is -0.151. The van der Waals surface area contributed by atoms with E-state index in [-0.39, 0.29) is 32.0 Å². The predicted molar refractivity (Wildman–Crippen MR) is 179 cm³/mol. The molecule has 268 valence electrons. The van der Waals surface area contributed by atoms with E-state index in [0.29, 0.717) is 72.0 Å². The van der Waals surface area contributed by atoms with E-state index >= 15 is 0 Å². The number of rotatable bonds is 34. The number of hydrogen-bond donors (Lipinski definition) is 0. The Kier molecular flexibility index (Phi) is 31.8. The van der Waals surface area contributed by atoms with Gasteiger partial charge in [-0.25, -0.2) is 0 Å². The van der Waals surface area contributed by atoms with Crippen molar-refractivity contribution in [1.82, 2.24) is 0 Å². The first kappa shape index (κ1) is 43.7. The van der Waals surface area contributed by atoms with Crippen LogP contribution in [0.2, 0.25) is 0 Å². The van der Waals surface area contributed by atoms with Gasteiger partial charge in [0.2, 0.25) is 0 Å². The van der Waals surface area contributed by atoms with Gasteiger partial charge in [0.05, 0.1) is 78.9 Å². The minimum absolute atomic E-state index is 0.0175. The van der Waals surface area contributed by atoms with E-state index < -0.39 is 5.97 Å². The van der Waals surface area contributed by atoms with Crippen LogP contribution in [0.4, 0.5) is 0 Å². The van der Waals surface area contributed by atoms with Crippen molar-refractivity contribution in [2.75, 3.05) is 79.3 Å². The Morgan fingerprint density at radius 2 is 0.756 bits per heavy atom. The second-order valence-corrected chi connectivity index (χ2v) is 12.9. The number of carbonyl (C=O) groups excluding carboxylic acids is 2. The van der Waals surface area contributed by atoms with Gasteiger partial charge >= 0.3 is 11.9 Å². The zero-order chi connectivity index (χ0) is 33.4. The van der Waals surface area contributed by atoms with Gasteiger partial charge in [0.15, 0.2) is 0 Å². The van der Waals surface area contributed by atoms with Crippen molar-refractivity contribution in [3.63, 3.8) is 0 Å². The summed E-state index contributed by atoms with van der Waals surface area (Å²) in [6, 6.07) is 0. The summed E-state index contributed by atoms with van der Waals surface area (Å²) in [5.41, 5.74) is 0. The summed E-state index contributed by atoms with van der Waals surface area (Å²) in [6.45, 7) is 19.2. The Balaban J connectivity index is 3.52. The first-order valence-corrected chi connectivity index (χ1v) is 17.9. The highest BCUT2D eigenvalue weighted by Crippen LogP contribution is 2.22. The number of hydrogen-bond acceptors (Lipinski definition) is 9. The van der Waals surface area contributed by atoms with Crippen LogP contribution in [0.15, 0.2) is 0 Å². The van der Waals surface area contributed by atoms with Crippen LogP contribution in [0.5, 0.6) is 0 Å². The SMILES string of the molecule is CCOCCOCCOCCOCCOCCOC(=O)CCC(=O)OCCC(C)CCCC(C)CCCC(C)CCCC(C)C. The van der Waals surface area contributed by atoms with Gasteiger partial charge in [-0.3, -0.25) is 9.59 Å². The van der Waals surface area contributed by atoms with E-state index in [1.54, 1.807) is 0 Å². The zero-order valence-corrected chi connectivity index (χ0v) is 30.0. The van der Waals surface area contributed by atoms with Gasteiger partial charge in [-0.1, -0.05) is 92.4 Å². The first-order chi connectivity index (χ1) is 21.7. The second-order valence-electron chi connectivity index (χ2n) is 12.9.